The van der Waals surface area contributed by atoms with Gasteiger partial charge >= 0.3 is 11.9 Å². The van der Waals surface area contributed by atoms with Gasteiger partial charge in [0.1, 0.15) is 23.7 Å². The minimum Gasteiger partial charge on any atom is -0.464 e. The first-order chi connectivity index (χ1) is 17.9. The zero-order valence-corrected chi connectivity index (χ0v) is 24.0. The van der Waals surface area contributed by atoms with Crippen LogP contribution in [-0.2, 0) is 39.4 Å². The number of nitrogens with zero attached hydrogens (tertiary/aromatic N) is 4. The Morgan fingerprint density at radius 3 is 2.58 bits per heavy atom. The van der Waals surface area contributed by atoms with Crippen LogP contribution in [0.5, 0.6) is 0 Å². The first-order valence-electron chi connectivity index (χ1n) is 12.8. The predicted octanol–water partition coefficient (Wildman–Crippen LogP) is 3.42. The highest BCUT2D eigenvalue weighted by Gasteiger charge is 2.39. The summed E-state index contributed by atoms with van der Waals surface area (Å²) in [7, 11) is -3.89. The van der Waals surface area contributed by atoms with E-state index in [9.17, 15) is 14.2 Å². The number of hydrogen-bond acceptors (Lipinski definition) is 11. The van der Waals surface area contributed by atoms with Crippen molar-refractivity contribution in [2.24, 2.45) is 0 Å². The Bertz CT molecular complexity index is 1110. The van der Waals surface area contributed by atoms with Crippen LogP contribution in [-0.4, -0.2) is 68.8 Å². The predicted molar refractivity (Wildman–Crippen MR) is 142 cm³/mol. The van der Waals surface area contributed by atoms with Crippen LogP contribution in [0.3, 0.4) is 0 Å². The van der Waals surface area contributed by atoms with E-state index in [0.29, 0.717) is 17.7 Å². The number of hydrogen-bond donors (Lipinski definition) is 2. The van der Waals surface area contributed by atoms with Crippen LogP contribution in [0, 0.1) is 0 Å². The molecule has 0 bridgehead atoms. The molecule has 2 aromatic rings. The highest BCUT2D eigenvalue weighted by molar-refractivity contribution is 7.56. The number of nitrogens with two attached hydrogens (primary N) is 1. The van der Waals surface area contributed by atoms with Crippen molar-refractivity contribution in [2.75, 3.05) is 25.3 Å². The van der Waals surface area contributed by atoms with Gasteiger partial charge < -0.3 is 29.0 Å². The van der Waals surface area contributed by atoms with Gasteiger partial charge in [-0.05, 0) is 41.0 Å². The van der Waals surface area contributed by atoms with Crippen molar-refractivity contribution in [3.63, 3.8) is 0 Å². The number of unbranched alkanes of at least 4 members (excludes halogenated alkanes) is 3. The number of nitrogen functional groups attached to an aromatic ring is 1. The van der Waals surface area contributed by atoms with E-state index in [0.717, 1.165) is 25.7 Å². The second kappa shape index (κ2) is 14.5. The van der Waals surface area contributed by atoms with Gasteiger partial charge in [0.15, 0.2) is 18.1 Å². The van der Waals surface area contributed by atoms with Gasteiger partial charge in [-0.15, -0.1) is 0 Å². The molecule has 0 aliphatic rings. The van der Waals surface area contributed by atoms with E-state index in [-0.39, 0.29) is 18.5 Å². The zero-order valence-electron chi connectivity index (χ0n) is 23.1. The molecule has 14 heteroatoms. The number of aromatic nitrogens is 4. The fraction of sp³-hybridized carbons (Fsp3) is 0.708. The van der Waals surface area contributed by atoms with Gasteiger partial charge in [0.2, 0.25) is 0 Å². The van der Waals surface area contributed by atoms with Gasteiger partial charge in [-0.3, -0.25) is 9.36 Å². The SMILES string of the molecule is CCCCCCOC(=O)C(C)(C)N[P@@](=O)(CO[C@H](C)Cn1cnc2c(N)ncnc21)OCC(=O)OC(C)C. The molecule has 0 aromatic carbocycles. The lowest BCUT2D eigenvalue weighted by Crippen LogP contribution is -2.47. The largest absolute Gasteiger partial charge is 0.464 e. The van der Waals surface area contributed by atoms with Crippen molar-refractivity contribution in [1.82, 2.24) is 24.6 Å². The van der Waals surface area contributed by atoms with Crippen molar-refractivity contribution in [3.05, 3.63) is 12.7 Å². The van der Waals surface area contributed by atoms with E-state index in [2.05, 4.69) is 27.0 Å². The Balaban J connectivity index is 2.06. The van der Waals surface area contributed by atoms with E-state index in [4.69, 9.17) is 24.5 Å². The Morgan fingerprint density at radius 2 is 1.89 bits per heavy atom. The minimum absolute atomic E-state index is 0.260. The third-order valence-corrected chi connectivity index (χ3v) is 7.30. The fourth-order valence-corrected chi connectivity index (χ4v) is 5.40. The molecular weight excluding hydrogens is 515 g/mol. The Kier molecular flexibility index (Phi) is 12.1. The third kappa shape index (κ3) is 9.94. The molecule has 0 amide bonds. The molecule has 0 aliphatic heterocycles. The molecule has 0 fully saturated rings. The average Bonchev–Trinajstić information content (AvgIpc) is 3.24. The molecule has 0 spiro atoms. The molecule has 3 N–H and O–H groups in total. The monoisotopic (exact) mass is 556 g/mol. The van der Waals surface area contributed by atoms with Crippen LogP contribution in [0.1, 0.15) is 67.2 Å². The van der Waals surface area contributed by atoms with Crippen LogP contribution in [0.15, 0.2) is 12.7 Å². The molecule has 2 rings (SSSR count). The number of carbonyl (C=O) groups excluding carboxylic acids is 2. The van der Waals surface area contributed by atoms with Gasteiger partial charge in [-0.1, -0.05) is 26.2 Å². The maximum Gasteiger partial charge on any atom is 0.332 e. The molecule has 0 radical (unpaired) electrons. The number of nitrogens with one attached hydrogen (secondary N) is 1. The smallest absolute Gasteiger partial charge is 0.332 e. The topological polar surface area (TPSA) is 170 Å². The molecule has 0 saturated heterocycles. The van der Waals surface area contributed by atoms with Gasteiger partial charge in [0, 0.05) is 0 Å². The van der Waals surface area contributed by atoms with Gasteiger partial charge in [-0.25, -0.2) is 24.8 Å². The number of fused-ring (bicyclic) bond motifs is 1. The second-order valence-corrected chi connectivity index (χ2v) is 11.9. The number of esters is 2. The van der Waals surface area contributed by atoms with Crippen LogP contribution >= 0.6 is 7.52 Å². The van der Waals surface area contributed by atoms with Gasteiger partial charge in [-0.2, -0.15) is 0 Å². The summed E-state index contributed by atoms with van der Waals surface area (Å²) in [4.78, 5) is 37.2. The van der Waals surface area contributed by atoms with E-state index < -0.39 is 44.1 Å². The molecule has 214 valence electrons. The second-order valence-electron chi connectivity index (χ2n) is 9.85. The molecule has 0 unspecified atom stereocenters. The molecule has 2 aromatic heterocycles. The fourth-order valence-electron chi connectivity index (χ4n) is 3.49. The summed E-state index contributed by atoms with van der Waals surface area (Å²) >= 11 is 0. The van der Waals surface area contributed by atoms with Crippen molar-refractivity contribution in [1.29, 1.82) is 0 Å². The lowest BCUT2D eigenvalue weighted by molar-refractivity contribution is -0.149. The number of rotatable bonds is 17. The molecule has 38 heavy (non-hydrogen) atoms. The van der Waals surface area contributed by atoms with Crippen molar-refractivity contribution in [3.8, 4) is 0 Å². The highest BCUT2D eigenvalue weighted by Crippen LogP contribution is 2.45. The molecule has 13 nitrogen and oxygen atoms in total. The molecule has 0 aliphatic carbocycles. The summed E-state index contributed by atoms with van der Waals surface area (Å²) < 4.78 is 37.3. The lowest BCUT2D eigenvalue weighted by Gasteiger charge is -2.30. The maximum absolute atomic E-state index is 13.8. The summed E-state index contributed by atoms with van der Waals surface area (Å²) in [6.45, 7) is 10.3. The van der Waals surface area contributed by atoms with E-state index in [1.165, 1.54) is 20.2 Å². The number of carbonyl (C=O) groups is 2. The Hall–Kier alpha value is -2.60. The van der Waals surface area contributed by atoms with Crippen molar-refractivity contribution in [2.45, 2.75) is 91.5 Å². The third-order valence-electron chi connectivity index (χ3n) is 5.36. The van der Waals surface area contributed by atoms with Crippen LogP contribution < -0.4 is 10.8 Å². The van der Waals surface area contributed by atoms with Gasteiger partial charge in [0.05, 0.1) is 31.7 Å². The van der Waals surface area contributed by atoms with Crippen molar-refractivity contribution < 1.29 is 32.9 Å². The molecular formula is C24H41N6O7P. The zero-order chi connectivity index (χ0) is 28.3. The van der Waals surface area contributed by atoms with Crippen LogP contribution in [0.25, 0.3) is 11.2 Å². The average molecular weight is 557 g/mol. The molecule has 0 saturated carbocycles. The minimum atomic E-state index is -3.89. The summed E-state index contributed by atoms with van der Waals surface area (Å²) in [6.07, 6.45) is 5.46. The summed E-state index contributed by atoms with van der Waals surface area (Å²) in [5, 5.41) is 2.75. The van der Waals surface area contributed by atoms with Crippen molar-refractivity contribution >= 4 is 36.4 Å². The standard InChI is InChI=1S/C24H41N6O7P/c1-7-8-9-10-11-34-23(32)24(5,6)29-38(33,36-13-19(31)37-17(2)3)16-35-18(4)12-30-15-28-20-21(25)26-14-27-22(20)30/h14-15,17-18H,7-13,16H2,1-6H3,(H,29,33)(H2,25,26,27)/t18-,38-/m1/s1. The molecule has 2 atom stereocenters. The van der Waals surface area contributed by atoms with E-state index in [1.54, 1.807) is 31.7 Å². The summed E-state index contributed by atoms with van der Waals surface area (Å²) in [6, 6.07) is 0. The van der Waals surface area contributed by atoms with Crippen LogP contribution in [0.2, 0.25) is 0 Å². The molecule has 2 heterocycles. The number of imidazole rings is 1. The normalized spacial score (nSPS) is 14.4. The first kappa shape index (κ1) is 31.6. The number of anilines is 1. The van der Waals surface area contributed by atoms with Crippen LogP contribution in [0.4, 0.5) is 5.82 Å². The van der Waals surface area contributed by atoms with E-state index >= 15 is 0 Å². The highest BCUT2D eigenvalue weighted by atomic mass is 31.2. The maximum atomic E-state index is 13.8. The summed E-state index contributed by atoms with van der Waals surface area (Å²) in [5.41, 5.74) is 5.47. The Morgan fingerprint density at radius 1 is 1.16 bits per heavy atom. The Labute approximate surface area is 223 Å². The van der Waals surface area contributed by atoms with E-state index in [1.807, 2.05) is 0 Å². The lowest BCUT2D eigenvalue weighted by atomic mass is 10.1. The first-order valence-corrected chi connectivity index (χ1v) is 14.6. The summed E-state index contributed by atoms with van der Waals surface area (Å²) in [5.74, 6) is -1.01. The van der Waals surface area contributed by atoms with Gasteiger partial charge in [0.25, 0.3) is 7.52 Å². The number of ether oxygens (including phenoxy) is 3. The quantitative estimate of drug-likeness (QED) is 0.166.